The molecule has 0 amide bonds. The Balaban J connectivity index is 2.34. The Labute approximate surface area is 83.8 Å². The SMILES string of the molecule is O=[N+]([O-])c1cn(C2C[CH]C2)nc1C(F)F. The molecule has 1 heterocycles. The Kier molecular flexibility index (Phi) is 2.37. The van der Waals surface area contributed by atoms with Crippen LogP contribution in [0.4, 0.5) is 14.5 Å². The summed E-state index contributed by atoms with van der Waals surface area (Å²) in [4.78, 5) is 9.65. The molecule has 0 aromatic carbocycles. The fraction of sp³-hybridized carbons (Fsp3) is 0.500. The fourth-order valence-electron chi connectivity index (χ4n) is 1.41. The van der Waals surface area contributed by atoms with Gasteiger partial charge in [-0.1, -0.05) is 0 Å². The highest BCUT2D eigenvalue weighted by Gasteiger charge is 2.30. The quantitative estimate of drug-likeness (QED) is 0.575. The first-order valence-corrected chi connectivity index (χ1v) is 4.43. The molecule has 1 aliphatic carbocycles. The van der Waals surface area contributed by atoms with Gasteiger partial charge in [-0.15, -0.1) is 0 Å². The molecule has 0 N–H and O–H groups in total. The summed E-state index contributed by atoms with van der Waals surface area (Å²) in [6.45, 7) is 0. The van der Waals surface area contributed by atoms with Crippen LogP contribution in [0, 0.1) is 16.5 Å². The van der Waals surface area contributed by atoms with Crippen LogP contribution in [0.3, 0.4) is 0 Å². The first kappa shape index (κ1) is 10.0. The number of nitro groups is 1. The lowest BCUT2D eigenvalue weighted by molar-refractivity contribution is -0.386. The maximum Gasteiger partial charge on any atom is 0.316 e. The van der Waals surface area contributed by atoms with Gasteiger partial charge < -0.3 is 0 Å². The van der Waals surface area contributed by atoms with Gasteiger partial charge in [-0.3, -0.25) is 14.8 Å². The number of aromatic nitrogens is 2. The van der Waals surface area contributed by atoms with Gasteiger partial charge in [0.15, 0.2) is 0 Å². The molecule has 0 unspecified atom stereocenters. The summed E-state index contributed by atoms with van der Waals surface area (Å²) in [6.07, 6.45) is 1.60. The van der Waals surface area contributed by atoms with Crippen molar-refractivity contribution < 1.29 is 13.7 Å². The van der Waals surface area contributed by atoms with E-state index >= 15 is 0 Å². The van der Waals surface area contributed by atoms with Crippen molar-refractivity contribution in [3.63, 3.8) is 0 Å². The van der Waals surface area contributed by atoms with E-state index in [0.717, 1.165) is 19.0 Å². The standard InChI is InChI=1S/C8H8F2N3O2/c9-8(10)7-6(13(14)15)4-12(11-7)5-2-1-3-5/h1,4-5,8H,2-3H2. The van der Waals surface area contributed by atoms with Crippen LogP contribution in [-0.2, 0) is 0 Å². The Hall–Kier alpha value is -1.53. The minimum absolute atomic E-state index is 0.00352. The van der Waals surface area contributed by atoms with Crippen molar-refractivity contribution in [3.8, 4) is 0 Å². The Morgan fingerprint density at radius 3 is 2.60 bits per heavy atom. The van der Waals surface area contributed by atoms with Gasteiger partial charge in [-0.25, -0.2) is 8.78 Å². The third-order valence-corrected chi connectivity index (χ3v) is 2.40. The minimum Gasteiger partial charge on any atom is -0.262 e. The number of hydrogen-bond donors (Lipinski definition) is 0. The predicted molar refractivity (Wildman–Crippen MR) is 46.4 cm³/mol. The number of hydrogen-bond acceptors (Lipinski definition) is 3. The number of halogens is 2. The van der Waals surface area contributed by atoms with E-state index in [1.165, 1.54) is 4.68 Å². The maximum atomic E-state index is 12.4. The molecule has 1 saturated carbocycles. The van der Waals surface area contributed by atoms with E-state index < -0.39 is 22.7 Å². The van der Waals surface area contributed by atoms with E-state index in [1.807, 2.05) is 6.42 Å². The molecule has 5 nitrogen and oxygen atoms in total. The van der Waals surface area contributed by atoms with Gasteiger partial charge in [0.25, 0.3) is 6.43 Å². The van der Waals surface area contributed by atoms with E-state index in [0.29, 0.717) is 0 Å². The molecule has 1 fully saturated rings. The second kappa shape index (κ2) is 3.56. The molecule has 1 aromatic rings. The number of alkyl halides is 2. The van der Waals surface area contributed by atoms with Gasteiger partial charge in [0, 0.05) is 0 Å². The summed E-state index contributed by atoms with van der Waals surface area (Å²) in [7, 11) is 0. The zero-order valence-electron chi connectivity index (χ0n) is 7.64. The third-order valence-electron chi connectivity index (χ3n) is 2.40. The van der Waals surface area contributed by atoms with Gasteiger partial charge in [0.05, 0.1) is 11.0 Å². The molecule has 15 heavy (non-hydrogen) atoms. The van der Waals surface area contributed by atoms with Gasteiger partial charge in [0.2, 0.25) is 5.69 Å². The normalized spacial score (nSPS) is 16.7. The van der Waals surface area contributed by atoms with Crippen molar-refractivity contribution in [1.29, 1.82) is 0 Å². The van der Waals surface area contributed by atoms with Crippen molar-refractivity contribution in [3.05, 3.63) is 28.4 Å². The highest BCUT2D eigenvalue weighted by molar-refractivity contribution is 5.33. The van der Waals surface area contributed by atoms with Crippen molar-refractivity contribution in [2.75, 3.05) is 0 Å². The van der Waals surface area contributed by atoms with Gasteiger partial charge in [-0.2, -0.15) is 5.10 Å². The first-order chi connectivity index (χ1) is 7.09. The lowest BCUT2D eigenvalue weighted by atomic mass is 9.93. The number of rotatable bonds is 3. The minimum atomic E-state index is -2.91. The zero-order valence-corrected chi connectivity index (χ0v) is 7.64. The summed E-state index contributed by atoms with van der Waals surface area (Å²) in [5.74, 6) is 0. The average molecular weight is 216 g/mol. The Morgan fingerprint density at radius 1 is 1.60 bits per heavy atom. The van der Waals surface area contributed by atoms with Crippen molar-refractivity contribution >= 4 is 5.69 Å². The van der Waals surface area contributed by atoms with E-state index in [1.54, 1.807) is 0 Å². The summed E-state index contributed by atoms with van der Waals surface area (Å²) in [5.41, 5.74) is -1.34. The van der Waals surface area contributed by atoms with E-state index in [-0.39, 0.29) is 6.04 Å². The topological polar surface area (TPSA) is 61.0 Å². The smallest absolute Gasteiger partial charge is 0.262 e. The lowest BCUT2D eigenvalue weighted by Crippen LogP contribution is -2.18. The second-order valence-corrected chi connectivity index (χ2v) is 3.35. The van der Waals surface area contributed by atoms with Crippen LogP contribution in [0.2, 0.25) is 0 Å². The molecule has 0 saturated heterocycles. The van der Waals surface area contributed by atoms with Crippen LogP contribution < -0.4 is 0 Å². The molecule has 2 rings (SSSR count). The summed E-state index contributed by atoms with van der Waals surface area (Å²) in [6, 6.07) is -0.00352. The molecule has 7 heteroatoms. The summed E-state index contributed by atoms with van der Waals surface area (Å²) < 4.78 is 26.1. The van der Waals surface area contributed by atoms with Crippen LogP contribution in [0.15, 0.2) is 6.20 Å². The largest absolute Gasteiger partial charge is 0.316 e. The average Bonchev–Trinajstić information content (AvgIpc) is 2.45. The fourth-order valence-corrected chi connectivity index (χ4v) is 1.41. The Bertz CT molecular complexity index is 387. The van der Waals surface area contributed by atoms with Gasteiger partial charge >= 0.3 is 5.69 Å². The zero-order chi connectivity index (χ0) is 11.0. The highest BCUT2D eigenvalue weighted by Crippen LogP contribution is 2.34. The number of nitrogens with zero attached hydrogens (tertiary/aromatic N) is 3. The van der Waals surface area contributed by atoms with E-state index in [2.05, 4.69) is 5.10 Å². The molecule has 81 valence electrons. The predicted octanol–water partition coefficient (Wildman–Crippen LogP) is 2.27. The van der Waals surface area contributed by atoms with Crippen molar-refractivity contribution in [1.82, 2.24) is 9.78 Å². The van der Waals surface area contributed by atoms with Gasteiger partial charge in [0.1, 0.15) is 6.20 Å². The monoisotopic (exact) mass is 216 g/mol. The van der Waals surface area contributed by atoms with Crippen LogP contribution in [0.25, 0.3) is 0 Å². The third kappa shape index (κ3) is 1.69. The molecule has 0 aliphatic heterocycles. The van der Waals surface area contributed by atoms with Crippen LogP contribution in [0.1, 0.15) is 31.0 Å². The lowest BCUT2D eigenvalue weighted by Gasteiger charge is -2.24. The molecule has 1 radical (unpaired) electrons. The first-order valence-electron chi connectivity index (χ1n) is 4.43. The van der Waals surface area contributed by atoms with Crippen LogP contribution >= 0.6 is 0 Å². The highest BCUT2D eigenvalue weighted by atomic mass is 19.3. The van der Waals surface area contributed by atoms with E-state index in [9.17, 15) is 18.9 Å². The van der Waals surface area contributed by atoms with Crippen LogP contribution in [0.5, 0.6) is 0 Å². The van der Waals surface area contributed by atoms with E-state index in [4.69, 9.17) is 0 Å². The second-order valence-electron chi connectivity index (χ2n) is 3.35. The maximum absolute atomic E-state index is 12.4. The molecule has 0 spiro atoms. The van der Waals surface area contributed by atoms with Crippen molar-refractivity contribution in [2.24, 2.45) is 0 Å². The van der Waals surface area contributed by atoms with Crippen molar-refractivity contribution in [2.45, 2.75) is 25.3 Å². The molecule has 0 atom stereocenters. The molecular formula is C8H8F2N3O2. The van der Waals surface area contributed by atoms with Gasteiger partial charge in [-0.05, 0) is 19.3 Å². The molecule has 1 aliphatic rings. The summed E-state index contributed by atoms with van der Waals surface area (Å²) >= 11 is 0. The Morgan fingerprint density at radius 2 is 2.27 bits per heavy atom. The summed E-state index contributed by atoms with van der Waals surface area (Å²) in [5, 5.41) is 14.0. The molecular weight excluding hydrogens is 208 g/mol. The van der Waals surface area contributed by atoms with Crippen LogP contribution in [-0.4, -0.2) is 14.7 Å². The molecule has 1 aromatic heterocycles. The molecule has 0 bridgehead atoms.